The molecule has 0 radical (unpaired) electrons. The molecule has 1 fully saturated rings. The lowest BCUT2D eigenvalue weighted by atomic mass is 9.82. The Morgan fingerprint density at radius 3 is 2.67 bits per heavy atom. The summed E-state index contributed by atoms with van der Waals surface area (Å²) in [4.78, 5) is 0. The largest absolute Gasteiger partial charge is 0.389 e. The number of allylic oxidation sites excluding steroid dienone is 1. The summed E-state index contributed by atoms with van der Waals surface area (Å²) < 4.78 is 0. The van der Waals surface area contributed by atoms with Gasteiger partial charge in [0.2, 0.25) is 0 Å². The molecule has 0 aromatic carbocycles. The molecule has 0 bridgehead atoms. The van der Waals surface area contributed by atoms with Crippen molar-refractivity contribution in [1.82, 2.24) is 0 Å². The van der Waals surface area contributed by atoms with E-state index in [0.717, 1.165) is 0 Å². The third-order valence-corrected chi connectivity index (χ3v) is 3.06. The molecule has 0 aromatic heterocycles. The zero-order valence-corrected chi connectivity index (χ0v) is 8.43. The molecule has 0 heterocycles. The van der Waals surface area contributed by atoms with E-state index in [4.69, 9.17) is 0 Å². The zero-order valence-electron chi connectivity index (χ0n) is 8.43. The SMILES string of the molecule is C/C(=C1\CCCCC1C)C(C)O. The standard InChI is InChI=1S/C11H20O/c1-8-6-4-5-7-11(8)9(2)10(3)12/h8,10,12H,4-7H2,1-3H3/b11-9-. The first-order valence-electron chi connectivity index (χ1n) is 5.00. The van der Waals surface area contributed by atoms with Crippen molar-refractivity contribution in [2.75, 3.05) is 0 Å². The molecule has 2 atom stereocenters. The third-order valence-electron chi connectivity index (χ3n) is 3.06. The Morgan fingerprint density at radius 2 is 2.17 bits per heavy atom. The van der Waals surface area contributed by atoms with Crippen LogP contribution in [-0.2, 0) is 0 Å². The van der Waals surface area contributed by atoms with Gasteiger partial charge in [-0.05, 0) is 44.6 Å². The lowest BCUT2D eigenvalue weighted by Gasteiger charge is -2.25. The monoisotopic (exact) mass is 168 g/mol. The molecule has 1 N–H and O–H groups in total. The van der Waals surface area contributed by atoms with Crippen LogP contribution in [0.4, 0.5) is 0 Å². The summed E-state index contributed by atoms with van der Waals surface area (Å²) in [7, 11) is 0. The number of hydrogen-bond acceptors (Lipinski definition) is 1. The van der Waals surface area contributed by atoms with E-state index in [9.17, 15) is 5.11 Å². The molecular formula is C11H20O. The number of hydrogen-bond donors (Lipinski definition) is 1. The van der Waals surface area contributed by atoms with Crippen molar-refractivity contribution >= 4 is 0 Å². The Hall–Kier alpha value is -0.300. The normalized spacial score (nSPS) is 31.5. The van der Waals surface area contributed by atoms with E-state index < -0.39 is 0 Å². The van der Waals surface area contributed by atoms with Crippen LogP contribution in [0.2, 0.25) is 0 Å². The minimum Gasteiger partial charge on any atom is -0.389 e. The summed E-state index contributed by atoms with van der Waals surface area (Å²) >= 11 is 0. The first kappa shape index (κ1) is 9.79. The van der Waals surface area contributed by atoms with Gasteiger partial charge in [-0.1, -0.05) is 18.9 Å². The maximum atomic E-state index is 9.43. The van der Waals surface area contributed by atoms with E-state index in [1.165, 1.54) is 36.8 Å². The zero-order chi connectivity index (χ0) is 9.14. The maximum Gasteiger partial charge on any atom is 0.0721 e. The topological polar surface area (TPSA) is 20.2 Å². The average Bonchev–Trinajstić information content (AvgIpc) is 2.04. The molecule has 0 amide bonds. The second-order valence-corrected chi connectivity index (χ2v) is 4.03. The molecule has 1 saturated carbocycles. The minimum absolute atomic E-state index is 0.249. The Morgan fingerprint density at radius 1 is 1.50 bits per heavy atom. The van der Waals surface area contributed by atoms with Gasteiger partial charge >= 0.3 is 0 Å². The van der Waals surface area contributed by atoms with Crippen LogP contribution in [0.3, 0.4) is 0 Å². The third kappa shape index (κ3) is 2.10. The highest BCUT2D eigenvalue weighted by Crippen LogP contribution is 2.31. The Labute approximate surface area is 75.5 Å². The molecule has 0 aliphatic heterocycles. The van der Waals surface area contributed by atoms with E-state index in [1.54, 1.807) is 0 Å². The number of aliphatic hydroxyl groups excluding tert-OH is 1. The second-order valence-electron chi connectivity index (χ2n) is 4.03. The predicted octanol–water partition coefficient (Wildman–Crippen LogP) is 2.89. The van der Waals surface area contributed by atoms with Crippen LogP contribution in [0.15, 0.2) is 11.1 Å². The van der Waals surface area contributed by atoms with Crippen molar-refractivity contribution in [3.8, 4) is 0 Å². The van der Waals surface area contributed by atoms with Gasteiger partial charge in [0, 0.05) is 0 Å². The highest BCUT2D eigenvalue weighted by atomic mass is 16.3. The number of aliphatic hydroxyl groups is 1. The predicted molar refractivity (Wildman–Crippen MR) is 52.0 cm³/mol. The summed E-state index contributed by atoms with van der Waals surface area (Å²) in [5.41, 5.74) is 2.72. The molecule has 1 aliphatic carbocycles. The fourth-order valence-electron chi connectivity index (χ4n) is 2.04. The van der Waals surface area contributed by atoms with Crippen LogP contribution >= 0.6 is 0 Å². The van der Waals surface area contributed by atoms with E-state index in [2.05, 4.69) is 13.8 Å². The van der Waals surface area contributed by atoms with Crippen molar-refractivity contribution in [3.63, 3.8) is 0 Å². The summed E-state index contributed by atoms with van der Waals surface area (Å²) in [5.74, 6) is 0.702. The van der Waals surface area contributed by atoms with Crippen molar-refractivity contribution < 1.29 is 5.11 Å². The van der Waals surface area contributed by atoms with Crippen LogP contribution in [-0.4, -0.2) is 11.2 Å². The molecule has 1 heteroatoms. The molecule has 1 rings (SSSR count). The first-order valence-corrected chi connectivity index (χ1v) is 5.00. The van der Waals surface area contributed by atoms with Gasteiger partial charge in [-0.3, -0.25) is 0 Å². The summed E-state index contributed by atoms with van der Waals surface area (Å²) in [6, 6.07) is 0. The summed E-state index contributed by atoms with van der Waals surface area (Å²) in [6.45, 7) is 6.21. The van der Waals surface area contributed by atoms with Crippen LogP contribution in [0.5, 0.6) is 0 Å². The lowest BCUT2D eigenvalue weighted by Crippen LogP contribution is -2.13. The molecule has 0 spiro atoms. The molecule has 1 aliphatic rings. The van der Waals surface area contributed by atoms with Gasteiger partial charge in [-0.15, -0.1) is 0 Å². The maximum absolute atomic E-state index is 9.43. The van der Waals surface area contributed by atoms with Crippen LogP contribution in [0.1, 0.15) is 46.5 Å². The van der Waals surface area contributed by atoms with Crippen molar-refractivity contribution in [1.29, 1.82) is 0 Å². The van der Waals surface area contributed by atoms with Crippen molar-refractivity contribution in [2.45, 2.75) is 52.6 Å². The van der Waals surface area contributed by atoms with Crippen molar-refractivity contribution in [2.24, 2.45) is 5.92 Å². The molecule has 2 unspecified atom stereocenters. The highest BCUT2D eigenvalue weighted by molar-refractivity contribution is 5.19. The van der Waals surface area contributed by atoms with Gasteiger partial charge in [0.1, 0.15) is 0 Å². The van der Waals surface area contributed by atoms with E-state index in [1.807, 2.05) is 6.92 Å². The minimum atomic E-state index is -0.249. The smallest absolute Gasteiger partial charge is 0.0721 e. The van der Waals surface area contributed by atoms with Gasteiger partial charge < -0.3 is 5.11 Å². The highest BCUT2D eigenvalue weighted by Gasteiger charge is 2.17. The molecule has 0 aromatic rings. The molecule has 70 valence electrons. The fraction of sp³-hybridized carbons (Fsp3) is 0.818. The van der Waals surface area contributed by atoms with Gasteiger partial charge in [0.05, 0.1) is 6.10 Å². The van der Waals surface area contributed by atoms with Crippen LogP contribution in [0.25, 0.3) is 0 Å². The van der Waals surface area contributed by atoms with Crippen LogP contribution < -0.4 is 0 Å². The second kappa shape index (κ2) is 4.08. The van der Waals surface area contributed by atoms with E-state index in [-0.39, 0.29) is 6.10 Å². The molecular weight excluding hydrogens is 148 g/mol. The van der Waals surface area contributed by atoms with Gasteiger partial charge in [-0.2, -0.15) is 0 Å². The quantitative estimate of drug-likeness (QED) is 0.597. The van der Waals surface area contributed by atoms with Gasteiger partial charge in [-0.25, -0.2) is 0 Å². The first-order chi connectivity index (χ1) is 5.63. The Kier molecular flexibility index (Phi) is 3.33. The van der Waals surface area contributed by atoms with E-state index >= 15 is 0 Å². The lowest BCUT2D eigenvalue weighted by molar-refractivity contribution is 0.227. The van der Waals surface area contributed by atoms with Gasteiger partial charge in [0.15, 0.2) is 0 Å². The Balaban J connectivity index is 2.75. The summed E-state index contributed by atoms with van der Waals surface area (Å²) in [6.07, 6.45) is 4.93. The van der Waals surface area contributed by atoms with Crippen molar-refractivity contribution in [3.05, 3.63) is 11.1 Å². The van der Waals surface area contributed by atoms with E-state index in [0.29, 0.717) is 5.92 Å². The number of rotatable bonds is 1. The fourth-order valence-corrected chi connectivity index (χ4v) is 2.04. The van der Waals surface area contributed by atoms with Gasteiger partial charge in [0.25, 0.3) is 0 Å². The average molecular weight is 168 g/mol. The Bertz CT molecular complexity index is 179. The molecule has 12 heavy (non-hydrogen) atoms. The van der Waals surface area contributed by atoms with Crippen LogP contribution in [0, 0.1) is 5.92 Å². The molecule has 1 nitrogen and oxygen atoms in total. The molecule has 0 saturated heterocycles. The summed E-state index contributed by atoms with van der Waals surface area (Å²) in [5, 5.41) is 9.43.